The monoisotopic (exact) mass is 375 g/mol. The van der Waals surface area contributed by atoms with Crippen molar-refractivity contribution in [3.05, 3.63) is 64.7 Å². The average Bonchev–Trinajstić information content (AvgIpc) is 2.66. The third-order valence-electron chi connectivity index (χ3n) is 4.37. The molecule has 0 unspecified atom stereocenters. The lowest BCUT2D eigenvalue weighted by Crippen LogP contribution is -2.39. The van der Waals surface area contributed by atoms with Crippen molar-refractivity contribution in [1.29, 1.82) is 0 Å². The Morgan fingerprint density at radius 3 is 2.92 bits per heavy atom. The van der Waals surface area contributed by atoms with Crippen molar-refractivity contribution in [2.24, 2.45) is 0 Å². The van der Waals surface area contributed by atoms with E-state index in [-0.39, 0.29) is 12.5 Å². The van der Waals surface area contributed by atoms with E-state index in [1.165, 1.54) is 0 Å². The number of hydrogen-bond acceptors (Lipinski definition) is 4. The van der Waals surface area contributed by atoms with Crippen LogP contribution < -0.4 is 4.74 Å². The molecule has 1 atom stereocenters. The molecule has 2 aromatic carbocycles. The van der Waals surface area contributed by atoms with Crippen LogP contribution in [0.2, 0.25) is 5.02 Å². The molecule has 1 saturated heterocycles. The van der Waals surface area contributed by atoms with Crippen LogP contribution in [0.25, 0.3) is 0 Å². The standard InChI is InChI=1S/C20H22ClNO4/c21-18-7-2-1-4-16(18)14-26-17-6-3-5-15(12-17)19-13-22(10-11-25-19)9-8-20(23)24/h1-7,12,19H,8-11,13-14H2,(H,23,24)/t19-/m1/s1. The van der Waals surface area contributed by atoms with Crippen molar-refractivity contribution in [3.8, 4) is 5.75 Å². The van der Waals surface area contributed by atoms with E-state index in [1.54, 1.807) is 0 Å². The molecule has 0 aliphatic carbocycles. The minimum absolute atomic E-state index is 0.0820. The average molecular weight is 376 g/mol. The van der Waals surface area contributed by atoms with E-state index in [1.807, 2.05) is 48.5 Å². The molecule has 138 valence electrons. The molecular formula is C20H22ClNO4. The third-order valence-corrected chi connectivity index (χ3v) is 4.74. The van der Waals surface area contributed by atoms with E-state index in [0.29, 0.717) is 31.3 Å². The van der Waals surface area contributed by atoms with Gasteiger partial charge in [-0.15, -0.1) is 0 Å². The minimum Gasteiger partial charge on any atom is -0.489 e. The second kappa shape index (κ2) is 9.03. The first-order valence-electron chi connectivity index (χ1n) is 8.64. The zero-order chi connectivity index (χ0) is 18.4. The lowest BCUT2D eigenvalue weighted by molar-refractivity contribution is -0.137. The Balaban J connectivity index is 1.61. The minimum atomic E-state index is -0.775. The van der Waals surface area contributed by atoms with Gasteiger partial charge in [-0.3, -0.25) is 9.69 Å². The summed E-state index contributed by atoms with van der Waals surface area (Å²) in [4.78, 5) is 12.9. The number of hydrogen-bond donors (Lipinski definition) is 1. The van der Waals surface area contributed by atoms with Gasteiger partial charge in [0.1, 0.15) is 12.4 Å². The Kier molecular flexibility index (Phi) is 6.50. The fourth-order valence-electron chi connectivity index (χ4n) is 2.94. The van der Waals surface area contributed by atoms with E-state index in [4.69, 9.17) is 26.2 Å². The molecule has 1 aliphatic rings. The summed E-state index contributed by atoms with van der Waals surface area (Å²) in [5.41, 5.74) is 1.97. The van der Waals surface area contributed by atoms with E-state index in [9.17, 15) is 4.79 Å². The van der Waals surface area contributed by atoms with Gasteiger partial charge in [-0.25, -0.2) is 0 Å². The number of ether oxygens (including phenoxy) is 2. The van der Waals surface area contributed by atoms with Crippen molar-refractivity contribution < 1.29 is 19.4 Å². The number of rotatable bonds is 7. The predicted molar refractivity (Wildman–Crippen MR) is 99.6 cm³/mol. The quantitative estimate of drug-likeness (QED) is 0.798. The van der Waals surface area contributed by atoms with E-state index < -0.39 is 5.97 Å². The largest absolute Gasteiger partial charge is 0.489 e. The van der Waals surface area contributed by atoms with Gasteiger partial charge < -0.3 is 14.6 Å². The first-order valence-corrected chi connectivity index (χ1v) is 9.01. The summed E-state index contributed by atoms with van der Waals surface area (Å²) >= 11 is 6.16. The third kappa shape index (κ3) is 5.21. The van der Waals surface area contributed by atoms with Crippen LogP contribution in [0.1, 0.15) is 23.7 Å². The summed E-state index contributed by atoms with van der Waals surface area (Å²) in [5.74, 6) is -0.0170. The molecule has 0 aromatic heterocycles. The summed E-state index contributed by atoms with van der Waals surface area (Å²) in [5, 5.41) is 9.54. The van der Waals surface area contributed by atoms with Gasteiger partial charge in [-0.2, -0.15) is 0 Å². The van der Waals surface area contributed by atoms with Crippen molar-refractivity contribution in [1.82, 2.24) is 4.90 Å². The Labute approximate surface area is 158 Å². The second-order valence-electron chi connectivity index (χ2n) is 6.26. The van der Waals surface area contributed by atoms with E-state index in [2.05, 4.69) is 4.90 Å². The Hall–Kier alpha value is -2.08. The summed E-state index contributed by atoms with van der Waals surface area (Å²) in [6, 6.07) is 15.4. The molecule has 1 heterocycles. The molecule has 1 aliphatic heterocycles. The smallest absolute Gasteiger partial charge is 0.304 e. The maximum Gasteiger partial charge on any atom is 0.304 e. The number of carboxylic acids is 1. The second-order valence-corrected chi connectivity index (χ2v) is 6.66. The zero-order valence-electron chi connectivity index (χ0n) is 14.4. The fraction of sp³-hybridized carbons (Fsp3) is 0.350. The highest BCUT2D eigenvalue weighted by Crippen LogP contribution is 2.26. The van der Waals surface area contributed by atoms with Crippen LogP contribution in [0, 0.1) is 0 Å². The first-order chi connectivity index (χ1) is 12.6. The molecule has 2 aromatic rings. The number of carboxylic acid groups (broad SMARTS) is 1. The fourth-order valence-corrected chi connectivity index (χ4v) is 3.13. The molecule has 5 nitrogen and oxygen atoms in total. The van der Waals surface area contributed by atoms with Crippen molar-refractivity contribution in [2.45, 2.75) is 19.1 Å². The molecule has 1 N–H and O–H groups in total. The molecule has 3 rings (SSSR count). The van der Waals surface area contributed by atoms with E-state index in [0.717, 1.165) is 23.4 Å². The number of aliphatic carboxylic acids is 1. The summed E-state index contributed by atoms with van der Waals surface area (Å²) in [7, 11) is 0. The van der Waals surface area contributed by atoms with Crippen LogP contribution in [0.15, 0.2) is 48.5 Å². The molecule has 0 bridgehead atoms. The van der Waals surface area contributed by atoms with Gasteiger partial charge in [0.05, 0.1) is 19.1 Å². The molecule has 0 saturated carbocycles. The van der Waals surface area contributed by atoms with Gasteiger partial charge >= 0.3 is 5.97 Å². The highest BCUT2D eigenvalue weighted by atomic mass is 35.5. The van der Waals surface area contributed by atoms with Gasteiger partial charge in [0, 0.05) is 30.2 Å². The van der Waals surface area contributed by atoms with Crippen molar-refractivity contribution in [2.75, 3.05) is 26.2 Å². The molecule has 0 amide bonds. The Bertz CT molecular complexity index is 752. The highest BCUT2D eigenvalue weighted by molar-refractivity contribution is 6.31. The molecule has 1 fully saturated rings. The topological polar surface area (TPSA) is 59.0 Å². The molecule has 0 spiro atoms. The van der Waals surface area contributed by atoms with Gasteiger partial charge in [-0.05, 0) is 23.8 Å². The van der Waals surface area contributed by atoms with Crippen molar-refractivity contribution in [3.63, 3.8) is 0 Å². The maximum atomic E-state index is 10.8. The highest BCUT2D eigenvalue weighted by Gasteiger charge is 2.22. The van der Waals surface area contributed by atoms with E-state index >= 15 is 0 Å². The molecule has 26 heavy (non-hydrogen) atoms. The van der Waals surface area contributed by atoms with Gasteiger partial charge in [0.2, 0.25) is 0 Å². The molecular weight excluding hydrogens is 354 g/mol. The zero-order valence-corrected chi connectivity index (χ0v) is 15.2. The predicted octanol–water partition coefficient (Wildman–Crippen LogP) is 3.77. The Morgan fingerprint density at radius 2 is 2.12 bits per heavy atom. The van der Waals surface area contributed by atoms with Crippen LogP contribution >= 0.6 is 11.6 Å². The van der Waals surface area contributed by atoms with Crippen LogP contribution in [0.5, 0.6) is 5.75 Å². The maximum absolute atomic E-state index is 10.8. The lowest BCUT2D eigenvalue weighted by atomic mass is 10.1. The summed E-state index contributed by atoms with van der Waals surface area (Å²) in [6.07, 6.45) is 0.0645. The number of benzene rings is 2. The normalized spacial score (nSPS) is 17.8. The summed E-state index contributed by atoms with van der Waals surface area (Å²) in [6.45, 7) is 2.97. The van der Waals surface area contributed by atoms with Gasteiger partial charge in [-0.1, -0.05) is 41.9 Å². The molecule has 0 radical (unpaired) electrons. The lowest BCUT2D eigenvalue weighted by Gasteiger charge is -2.32. The summed E-state index contributed by atoms with van der Waals surface area (Å²) < 4.78 is 11.8. The number of carbonyl (C=O) groups is 1. The SMILES string of the molecule is O=C(O)CCN1CCO[C@@H](c2cccc(OCc3ccccc3Cl)c2)C1. The molecule has 6 heteroatoms. The van der Waals surface area contributed by atoms with Crippen LogP contribution in [-0.4, -0.2) is 42.2 Å². The van der Waals surface area contributed by atoms with Crippen LogP contribution in [0.3, 0.4) is 0 Å². The number of halogens is 1. The number of nitrogens with zero attached hydrogens (tertiary/aromatic N) is 1. The van der Waals surface area contributed by atoms with Crippen molar-refractivity contribution >= 4 is 17.6 Å². The first kappa shape index (κ1) is 18.7. The van der Waals surface area contributed by atoms with Crippen LogP contribution in [-0.2, 0) is 16.1 Å². The Morgan fingerprint density at radius 1 is 1.27 bits per heavy atom. The number of morpholine rings is 1. The van der Waals surface area contributed by atoms with Crippen LogP contribution in [0.4, 0.5) is 0 Å². The van der Waals surface area contributed by atoms with Gasteiger partial charge in [0.15, 0.2) is 0 Å². The van der Waals surface area contributed by atoms with Gasteiger partial charge in [0.25, 0.3) is 0 Å².